The summed E-state index contributed by atoms with van der Waals surface area (Å²) in [6.07, 6.45) is 0.816. The molecule has 6 heteroatoms. The van der Waals surface area contributed by atoms with Crippen LogP contribution in [0, 0.1) is 0 Å². The highest BCUT2D eigenvalue weighted by atomic mass is 16.5. The molecule has 0 saturated heterocycles. The third kappa shape index (κ3) is 3.74. The molecule has 130 valence electrons. The van der Waals surface area contributed by atoms with Crippen LogP contribution in [0.3, 0.4) is 0 Å². The van der Waals surface area contributed by atoms with E-state index in [9.17, 15) is 9.59 Å². The van der Waals surface area contributed by atoms with Crippen LogP contribution in [-0.4, -0.2) is 44.0 Å². The van der Waals surface area contributed by atoms with Gasteiger partial charge >= 0.3 is 0 Å². The molecule has 1 heterocycles. The number of hydrogen-bond donors (Lipinski definition) is 1. The highest BCUT2D eigenvalue weighted by Gasteiger charge is 2.19. The van der Waals surface area contributed by atoms with Crippen LogP contribution in [0.25, 0.3) is 0 Å². The zero-order chi connectivity index (χ0) is 17.8. The fraction of sp³-hybridized carbons (Fsp3) is 0.263. The fourth-order valence-electron chi connectivity index (χ4n) is 2.55. The minimum Gasteiger partial charge on any atom is -0.490 e. The van der Waals surface area contributed by atoms with E-state index in [4.69, 9.17) is 9.47 Å². The Morgan fingerprint density at radius 3 is 2.36 bits per heavy atom. The molecule has 3 rings (SSSR count). The molecule has 0 radical (unpaired) electrons. The van der Waals surface area contributed by atoms with Gasteiger partial charge in [-0.3, -0.25) is 9.59 Å². The lowest BCUT2D eigenvalue weighted by Crippen LogP contribution is -2.25. The number of anilines is 1. The van der Waals surface area contributed by atoms with Crippen molar-refractivity contribution < 1.29 is 19.1 Å². The Balaban J connectivity index is 1.84. The van der Waals surface area contributed by atoms with Crippen LogP contribution in [0.1, 0.15) is 27.1 Å². The molecule has 0 spiro atoms. The maximum absolute atomic E-state index is 12.6. The molecule has 2 amide bonds. The number of hydrogen-bond acceptors (Lipinski definition) is 4. The largest absolute Gasteiger partial charge is 0.490 e. The number of amides is 2. The quantitative estimate of drug-likeness (QED) is 0.933. The molecule has 0 unspecified atom stereocenters. The molecule has 1 aliphatic heterocycles. The van der Waals surface area contributed by atoms with Gasteiger partial charge < -0.3 is 19.7 Å². The summed E-state index contributed by atoms with van der Waals surface area (Å²) in [5.41, 5.74) is 1.27. The summed E-state index contributed by atoms with van der Waals surface area (Å²) in [6.45, 7) is 1.18. The van der Waals surface area contributed by atoms with Crippen LogP contribution in [0.4, 0.5) is 5.69 Å². The molecule has 1 N–H and O–H groups in total. The van der Waals surface area contributed by atoms with E-state index in [0.29, 0.717) is 41.5 Å². The Hall–Kier alpha value is -3.02. The van der Waals surface area contributed by atoms with E-state index in [1.807, 2.05) is 0 Å². The number of rotatable bonds is 3. The second kappa shape index (κ2) is 7.25. The number of fused-ring (bicyclic) bond motifs is 1. The third-order valence-electron chi connectivity index (χ3n) is 3.81. The molecule has 1 aliphatic rings. The number of carbonyl (C=O) groups is 2. The van der Waals surface area contributed by atoms with Crippen molar-refractivity contribution >= 4 is 17.5 Å². The third-order valence-corrected chi connectivity index (χ3v) is 3.81. The van der Waals surface area contributed by atoms with E-state index in [-0.39, 0.29) is 11.8 Å². The second-order valence-electron chi connectivity index (χ2n) is 5.91. The monoisotopic (exact) mass is 340 g/mol. The van der Waals surface area contributed by atoms with Crippen molar-refractivity contribution in [3.8, 4) is 11.5 Å². The van der Waals surface area contributed by atoms with Gasteiger partial charge in [-0.05, 0) is 24.3 Å². The van der Waals surface area contributed by atoms with Gasteiger partial charge in [-0.15, -0.1) is 0 Å². The number of carbonyl (C=O) groups excluding carboxylic acids is 2. The second-order valence-corrected chi connectivity index (χ2v) is 5.91. The van der Waals surface area contributed by atoms with Crippen LogP contribution in [0.15, 0.2) is 42.5 Å². The molecule has 2 aromatic rings. The Morgan fingerprint density at radius 1 is 0.960 bits per heavy atom. The van der Waals surface area contributed by atoms with Crippen molar-refractivity contribution in [2.45, 2.75) is 6.42 Å². The Morgan fingerprint density at radius 2 is 1.64 bits per heavy atom. The van der Waals surface area contributed by atoms with Crippen molar-refractivity contribution in [2.75, 3.05) is 32.6 Å². The summed E-state index contributed by atoms with van der Waals surface area (Å²) in [5, 5.41) is 2.82. The molecule has 0 fully saturated rings. The van der Waals surface area contributed by atoms with Crippen molar-refractivity contribution in [1.82, 2.24) is 4.90 Å². The molecule has 0 aromatic heterocycles. The van der Waals surface area contributed by atoms with Gasteiger partial charge in [0.15, 0.2) is 11.5 Å². The first-order valence-electron chi connectivity index (χ1n) is 8.08. The van der Waals surface area contributed by atoms with Gasteiger partial charge in [0, 0.05) is 32.3 Å². The highest BCUT2D eigenvalue weighted by Crippen LogP contribution is 2.32. The first kappa shape index (κ1) is 16.8. The number of nitrogens with one attached hydrogen (secondary N) is 1. The lowest BCUT2D eigenvalue weighted by molar-refractivity contribution is 0.0821. The van der Waals surface area contributed by atoms with Crippen LogP contribution >= 0.6 is 0 Å². The van der Waals surface area contributed by atoms with Crippen molar-refractivity contribution in [1.29, 1.82) is 0 Å². The van der Waals surface area contributed by atoms with Gasteiger partial charge in [-0.1, -0.05) is 12.1 Å². The molecular weight excluding hydrogens is 320 g/mol. The summed E-state index contributed by atoms with van der Waals surface area (Å²) in [6, 6.07) is 12.0. The lowest BCUT2D eigenvalue weighted by atomic mass is 10.1. The first-order valence-corrected chi connectivity index (χ1v) is 8.08. The van der Waals surface area contributed by atoms with Crippen LogP contribution in [0.5, 0.6) is 11.5 Å². The number of benzene rings is 2. The van der Waals surface area contributed by atoms with Crippen molar-refractivity contribution in [3.63, 3.8) is 0 Å². The van der Waals surface area contributed by atoms with E-state index in [1.165, 1.54) is 4.90 Å². The van der Waals surface area contributed by atoms with E-state index in [1.54, 1.807) is 56.6 Å². The van der Waals surface area contributed by atoms with E-state index >= 15 is 0 Å². The van der Waals surface area contributed by atoms with Crippen LogP contribution < -0.4 is 14.8 Å². The summed E-state index contributed by atoms with van der Waals surface area (Å²) in [7, 11) is 3.31. The van der Waals surface area contributed by atoms with E-state index in [2.05, 4.69) is 5.32 Å². The smallest absolute Gasteiger partial charge is 0.256 e. The average molecular weight is 340 g/mol. The molecule has 6 nitrogen and oxygen atoms in total. The maximum atomic E-state index is 12.6. The summed E-state index contributed by atoms with van der Waals surface area (Å²) in [4.78, 5) is 26.3. The Labute approximate surface area is 146 Å². The fourth-order valence-corrected chi connectivity index (χ4v) is 2.55. The highest BCUT2D eigenvalue weighted by molar-refractivity contribution is 6.12. The Kier molecular flexibility index (Phi) is 4.88. The normalized spacial score (nSPS) is 12.9. The standard InChI is InChI=1S/C19H20N2O4/c1-21(2)19(23)15-7-4-3-6-14(15)18(22)20-13-8-9-16-17(12-13)25-11-5-10-24-16/h3-4,6-9,12H,5,10-11H2,1-2H3,(H,20,22). The predicted molar refractivity (Wildman–Crippen MR) is 94.5 cm³/mol. The summed E-state index contributed by atoms with van der Waals surface area (Å²) in [5.74, 6) is 0.705. The topological polar surface area (TPSA) is 67.9 Å². The zero-order valence-corrected chi connectivity index (χ0v) is 14.2. The van der Waals surface area contributed by atoms with Gasteiger partial charge in [-0.2, -0.15) is 0 Å². The number of nitrogens with zero attached hydrogens (tertiary/aromatic N) is 1. The SMILES string of the molecule is CN(C)C(=O)c1ccccc1C(=O)Nc1ccc2c(c1)OCCCO2. The molecule has 25 heavy (non-hydrogen) atoms. The molecule has 2 aromatic carbocycles. The van der Waals surface area contributed by atoms with Crippen molar-refractivity contribution in [3.05, 3.63) is 53.6 Å². The van der Waals surface area contributed by atoms with E-state index < -0.39 is 0 Å². The molecule has 0 atom stereocenters. The number of ether oxygens (including phenoxy) is 2. The molecule has 0 saturated carbocycles. The van der Waals surface area contributed by atoms with Gasteiger partial charge in [0.2, 0.25) is 0 Å². The predicted octanol–water partition coefficient (Wildman–Crippen LogP) is 2.80. The lowest BCUT2D eigenvalue weighted by Gasteiger charge is -2.14. The van der Waals surface area contributed by atoms with E-state index in [0.717, 1.165) is 6.42 Å². The van der Waals surface area contributed by atoms with Crippen LogP contribution in [0.2, 0.25) is 0 Å². The van der Waals surface area contributed by atoms with Crippen LogP contribution in [-0.2, 0) is 0 Å². The Bertz CT molecular complexity index is 802. The molecule has 0 aliphatic carbocycles. The van der Waals surface area contributed by atoms with Gasteiger partial charge in [0.1, 0.15) is 0 Å². The van der Waals surface area contributed by atoms with Gasteiger partial charge in [0.05, 0.1) is 24.3 Å². The molecular formula is C19H20N2O4. The minimum atomic E-state index is -0.347. The van der Waals surface area contributed by atoms with Crippen molar-refractivity contribution in [2.24, 2.45) is 0 Å². The van der Waals surface area contributed by atoms with Gasteiger partial charge in [0.25, 0.3) is 11.8 Å². The summed E-state index contributed by atoms with van der Waals surface area (Å²) >= 11 is 0. The molecule has 0 bridgehead atoms. The first-order chi connectivity index (χ1) is 12.1. The minimum absolute atomic E-state index is 0.218. The average Bonchev–Trinajstić information content (AvgIpc) is 2.86. The van der Waals surface area contributed by atoms with Gasteiger partial charge in [-0.25, -0.2) is 0 Å². The zero-order valence-electron chi connectivity index (χ0n) is 14.2. The maximum Gasteiger partial charge on any atom is 0.256 e. The summed E-state index contributed by atoms with van der Waals surface area (Å²) < 4.78 is 11.2.